The highest BCUT2D eigenvalue weighted by molar-refractivity contribution is 7.17. The van der Waals surface area contributed by atoms with Crippen molar-refractivity contribution in [3.8, 4) is 0 Å². The summed E-state index contributed by atoms with van der Waals surface area (Å²) in [5, 5.41) is 1.08. The summed E-state index contributed by atoms with van der Waals surface area (Å²) < 4.78 is 0. The summed E-state index contributed by atoms with van der Waals surface area (Å²) in [7, 11) is 1.97. The van der Waals surface area contributed by atoms with Crippen LogP contribution in [0.15, 0.2) is 0 Å². The zero-order valence-electron chi connectivity index (χ0n) is 10.2. The summed E-state index contributed by atoms with van der Waals surface area (Å²) in [5.41, 5.74) is 0.147. The highest BCUT2D eigenvalue weighted by atomic mass is 35.5. The van der Waals surface area contributed by atoms with Gasteiger partial charge in [-0.1, -0.05) is 43.7 Å². The van der Waals surface area contributed by atoms with Crippen molar-refractivity contribution < 1.29 is 4.79 Å². The lowest BCUT2D eigenvalue weighted by Gasteiger charge is -2.35. The van der Waals surface area contributed by atoms with Gasteiger partial charge in [0.25, 0.3) is 0 Å². The van der Waals surface area contributed by atoms with Crippen LogP contribution in [0.1, 0.15) is 37.4 Å². The Morgan fingerprint density at radius 2 is 2.06 bits per heavy atom. The lowest BCUT2D eigenvalue weighted by Crippen LogP contribution is -2.39. The van der Waals surface area contributed by atoms with Gasteiger partial charge in [-0.3, -0.25) is 4.79 Å². The predicted octanol–water partition coefficient (Wildman–Crippen LogP) is 3.48. The van der Waals surface area contributed by atoms with Gasteiger partial charge >= 0.3 is 0 Å². The molecule has 1 aromatic rings. The van der Waals surface area contributed by atoms with Gasteiger partial charge in [0.15, 0.2) is 16.6 Å². The normalized spacial score (nSPS) is 13.6. The van der Waals surface area contributed by atoms with Crippen LogP contribution in [0.3, 0.4) is 0 Å². The Kier molecular flexibility index (Phi) is 3.97. The van der Waals surface area contributed by atoms with Gasteiger partial charge in [0.2, 0.25) is 0 Å². The monoisotopic (exact) mass is 260 g/mol. The van der Waals surface area contributed by atoms with E-state index < -0.39 is 0 Å². The molecule has 0 fully saturated rings. The lowest BCUT2D eigenvalue weighted by molar-refractivity contribution is 0.112. The SMILES string of the molecule is CC(N(C)c1nc(Cl)c(C=O)s1)C(C)(C)C. The van der Waals surface area contributed by atoms with Gasteiger partial charge in [0.05, 0.1) is 0 Å². The molecule has 16 heavy (non-hydrogen) atoms. The van der Waals surface area contributed by atoms with E-state index in [-0.39, 0.29) is 5.41 Å². The lowest BCUT2D eigenvalue weighted by atomic mass is 9.87. The van der Waals surface area contributed by atoms with Gasteiger partial charge in [0, 0.05) is 13.1 Å². The molecule has 0 aliphatic rings. The Morgan fingerprint density at radius 3 is 2.44 bits per heavy atom. The van der Waals surface area contributed by atoms with Crippen LogP contribution in [0.25, 0.3) is 0 Å². The first-order valence-corrected chi connectivity index (χ1v) is 6.31. The minimum atomic E-state index is 0.147. The van der Waals surface area contributed by atoms with Crippen molar-refractivity contribution in [1.82, 2.24) is 4.98 Å². The van der Waals surface area contributed by atoms with E-state index in [1.807, 2.05) is 7.05 Å². The standard InChI is InChI=1S/C11H17ClN2OS/c1-7(11(2,3)4)14(5)10-13-9(12)8(6-15)16-10/h6-7H,1-5H3. The number of nitrogens with zero attached hydrogens (tertiary/aromatic N) is 2. The first kappa shape index (κ1) is 13.5. The maximum absolute atomic E-state index is 10.7. The minimum Gasteiger partial charge on any atom is -0.348 e. The quantitative estimate of drug-likeness (QED) is 0.780. The van der Waals surface area contributed by atoms with Crippen LogP contribution in [-0.4, -0.2) is 24.4 Å². The average molecular weight is 261 g/mol. The molecule has 0 aliphatic carbocycles. The van der Waals surface area contributed by atoms with Gasteiger partial charge in [0.1, 0.15) is 4.88 Å². The molecule has 5 heteroatoms. The maximum atomic E-state index is 10.7. The second-order valence-electron chi connectivity index (χ2n) is 4.92. The van der Waals surface area contributed by atoms with Crippen LogP contribution in [0, 0.1) is 5.41 Å². The van der Waals surface area contributed by atoms with Gasteiger partial charge in [-0.25, -0.2) is 4.98 Å². The molecule has 3 nitrogen and oxygen atoms in total. The fourth-order valence-corrected chi connectivity index (χ4v) is 2.38. The number of anilines is 1. The third-order valence-electron chi connectivity index (χ3n) is 2.84. The Labute approximate surface area is 105 Å². The molecular formula is C11H17ClN2OS. The van der Waals surface area contributed by atoms with Crippen molar-refractivity contribution >= 4 is 34.4 Å². The minimum absolute atomic E-state index is 0.147. The van der Waals surface area contributed by atoms with E-state index in [0.29, 0.717) is 16.1 Å². The Bertz CT molecular complexity index is 384. The van der Waals surface area contributed by atoms with Crippen molar-refractivity contribution in [3.05, 3.63) is 10.0 Å². The average Bonchev–Trinajstić information content (AvgIpc) is 2.56. The number of carbonyl (C=O) groups is 1. The molecular weight excluding hydrogens is 244 g/mol. The molecule has 0 aromatic carbocycles. The second kappa shape index (κ2) is 4.72. The van der Waals surface area contributed by atoms with Crippen LogP contribution < -0.4 is 4.90 Å². The highest BCUT2D eigenvalue weighted by Gasteiger charge is 2.26. The Morgan fingerprint density at radius 1 is 1.50 bits per heavy atom. The molecule has 1 heterocycles. The molecule has 0 N–H and O–H groups in total. The van der Waals surface area contributed by atoms with Crippen molar-refractivity contribution in [3.63, 3.8) is 0 Å². The van der Waals surface area contributed by atoms with E-state index in [4.69, 9.17) is 11.6 Å². The molecule has 0 aliphatic heterocycles. The molecule has 0 bridgehead atoms. The molecule has 0 radical (unpaired) electrons. The number of hydrogen-bond acceptors (Lipinski definition) is 4. The van der Waals surface area contributed by atoms with E-state index in [1.165, 1.54) is 11.3 Å². The topological polar surface area (TPSA) is 33.2 Å². The van der Waals surface area contributed by atoms with E-state index in [0.717, 1.165) is 11.4 Å². The molecule has 1 rings (SSSR count). The predicted molar refractivity (Wildman–Crippen MR) is 69.8 cm³/mol. The molecule has 90 valence electrons. The van der Waals surface area contributed by atoms with Crippen LogP contribution in [-0.2, 0) is 0 Å². The van der Waals surface area contributed by atoms with Gasteiger partial charge in [-0.05, 0) is 12.3 Å². The number of carbonyl (C=O) groups excluding carboxylic acids is 1. The van der Waals surface area contributed by atoms with Crippen LogP contribution in [0.4, 0.5) is 5.13 Å². The van der Waals surface area contributed by atoms with E-state index in [9.17, 15) is 4.79 Å². The van der Waals surface area contributed by atoms with Crippen molar-refractivity contribution in [2.75, 3.05) is 11.9 Å². The summed E-state index contributed by atoms with van der Waals surface area (Å²) in [6, 6.07) is 0.314. The summed E-state index contributed by atoms with van der Waals surface area (Å²) in [6.07, 6.45) is 0.749. The smallest absolute Gasteiger partial charge is 0.187 e. The number of hydrogen-bond donors (Lipinski definition) is 0. The molecule has 0 spiro atoms. The Hall–Kier alpha value is -0.610. The van der Waals surface area contributed by atoms with Crippen LogP contribution in [0.2, 0.25) is 5.15 Å². The van der Waals surface area contributed by atoms with Gasteiger partial charge < -0.3 is 4.90 Å². The fraction of sp³-hybridized carbons (Fsp3) is 0.636. The van der Waals surface area contributed by atoms with E-state index in [2.05, 4.69) is 37.6 Å². The summed E-state index contributed by atoms with van der Waals surface area (Å²) >= 11 is 7.18. The Balaban J connectivity index is 2.96. The largest absolute Gasteiger partial charge is 0.348 e. The van der Waals surface area contributed by atoms with Crippen molar-refractivity contribution in [2.24, 2.45) is 5.41 Å². The molecule has 0 saturated carbocycles. The molecule has 0 amide bonds. The van der Waals surface area contributed by atoms with E-state index >= 15 is 0 Å². The molecule has 1 aromatic heterocycles. The summed E-state index contributed by atoms with van der Waals surface area (Å²) in [6.45, 7) is 8.65. The zero-order valence-corrected chi connectivity index (χ0v) is 11.8. The van der Waals surface area contributed by atoms with Crippen LogP contribution >= 0.6 is 22.9 Å². The van der Waals surface area contributed by atoms with Crippen LogP contribution in [0.5, 0.6) is 0 Å². The summed E-state index contributed by atoms with van der Waals surface area (Å²) in [4.78, 5) is 17.4. The summed E-state index contributed by atoms with van der Waals surface area (Å²) in [5.74, 6) is 0. The van der Waals surface area contributed by atoms with Gasteiger partial charge in [-0.2, -0.15) is 0 Å². The van der Waals surface area contributed by atoms with Gasteiger partial charge in [-0.15, -0.1) is 0 Å². The molecule has 1 atom stereocenters. The van der Waals surface area contributed by atoms with Crippen molar-refractivity contribution in [1.29, 1.82) is 0 Å². The third-order valence-corrected chi connectivity index (χ3v) is 4.31. The van der Waals surface area contributed by atoms with Crippen molar-refractivity contribution in [2.45, 2.75) is 33.7 Å². The fourth-order valence-electron chi connectivity index (χ4n) is 1.27. The molecule has 0 saturated heterocycles. The zero-order chi connectivity index (χ0) is 12.5. The first-order valence-electron chi connectivity index (χ1n) is 5.11. The van der Waals surface area contributed by atoms with E-state index in [1.54, 1.807) is 0 Å². The first-order chi connectivity index (χ1) is 7.27. The number of thiazole rings is 1. The number of rotatable bonds is 3. The maximum Gasteiger partial charge on any atom is 0.187 e. The highest BCUT2D eigenvalue weighted by Crippen LogP contribution is 2.32. The third kappa shape index (κ3) is 2.74. The number of aldehydes is 1. The second-order valence-corrected chi connectivity index (χ2v) is 6.29. The number of aromatic nitrogens is 1. The number of halogens is 1. The molecule has 1 unspecified atom stereocenters.